The van der Waals surface area contributed by atoms with Gasteiger partial charge in [0.15, 0.2) is 5.13 Å². The fourth-order valence-electron chi connectivity index (χ4n) is 4.17. The van der Waals surface area contributed by atoms with Crippen LogP contribution in [0.5, 0.6) is 5.75 Å². The molecular weight excluding hydrogens is 513 g/mol. The summed E-state index contributed by atoms with van der Waals surface area (Å²) in [7, 11) is 1.70. The van der Waals surface area contributed by atoms with Gasteiger partial charge in [0.25, 0.3) is 5.91 Å². The number of amides is 2. The van der Waals surface area contributed by atoms with Crippen molar-refractivity contribution in [2.24, 2.45) is 0 Å². The highest BCUT2D eigenvalue weighted by Gasteiger charge is 2.35. The molecule has 1 fully saturated rings. The van der Waals surface area contributed by atoms with Gasteiger partial charge in [-0.1, -0.05) is 29.7 Å². The van der Waals surface area contributed by atoms with Crippen LogP contribution < -0.4 is 10.1 Å². The van der Waals surface area contributed by atoms with Gasteiger partial charge in [-0.25, -0.2) is 4.98 Å². The van der Waals surface area contributed by atoms with E-state index in [1.165, 1.54) is 28.7 Å². The molecule has 7 nitrogen and oxygen atoms in total. The standard InChI is InChI=1S/C26H30N4O3S3/c1-6-22(31)29-8-9-30(26(3,4)16-29)14-19-12-21(17(2)11-20(19)33-5)35-23-13-27-25(36-23)28-24(32)18-7-10-34-15-18/h6-7,10-13,15H,1,8-9,14,16H2,2-5H3,(H,27,28,32). The highest BCUT2D eigenvalue weighted by molar-refractivity contribution is 8.01. The summed E-state index contributed by atoms with van der Waals surface area (Å²) in [5, 5.41) is 7.15. The number of thiophene rings is 1. The number of thiazole rings is 1. The number of piperazine rings is 1. The molecule has 1 aliphatic heterocycles. The zero-order valence-corrected chi connectivity index (χ0v) is 23.3. The maximum absolute atomic E-state index is 12.3. The van der Waals surface area contributed by atoms with E-state index in [9.17, 15) is 9.59 Å². The van der Waals surface area contributed by atoms with Crippen molar-refractivity contribution in [1.82, 2.24) is 14.8 Å². The number of hydrogen-bond acceptors (Lipinski definition) is 8. The number of nitrogens with zero attached hydrogens (tertiary/aromatic N) is 3. The molecule has 0 spiro atoms. The summed E-state index contributed by atoms with van der Waals surface area (Å²) in [6.07, 6.45) is 3.18. The van der Waals surface area contributed by atoms with E-state index in [0.29, 0.717) is 30.3 Å². The number of anilines is 1. The first-order valence-corrected chi connectivity index (χ1v) is 14.1. The first-order valence-electron chi connectivity index (χ1n) is 11.5. The second-order valence-electron chi connectivity index (χ2n) is 9.18. The molecule has 0 aliphatic carbocycles. The predicted molar refractivity (Wildman–Crippen MR) is 148 cm³/mol. The van der Waals surface area contributed by atoms with Crippen molar-refractivity contribution in [3.63, 3.8) is 0 Å². The van der Waals surface area contributed by atoms with Crippen LogP contribution in [0.4, 0.5) is 5.13 Å². The molecule has 190 valence electrons. The highest BCUT2D eigenvalue weighted by atomic mass is 32.2. The van der Waals surface area contributed by atoms with Crippen molar-refractivity contribution < 1.29 is 14.3 Å². The molecule has 1 aromatic carbocycles. The van der Waals surface area contributed by atoms with Gasteiger partial charge < -0.3 is 9.64 Å². The highest BCUT2D eigenvalue weighted by Crippen LogP contribution is 2.39. The van der Waals surface area contributed by atoms with Crippen LogP contribution in [0.25, 0.3) is 0 Å². The third-order valence-corrected chi connectivity index (χ3v) is 9.06. The molecule has 0 atom stereocenters. The van der Waals surface area contributed by atoms with Gasteiger partial charge in [-0.05, 0) is 56.0 Å². The van der Waals surface area contributed by atoms with E-state index in [-0.39, 0.29) is 17.4 Å². The van der Waals surface area contributed by atoms with Crippen LogP contribution in [0.1, 0.15) is 35.3 Å². The summed E-state index contributed by atoms with van der Waals surface area (Å²) in [5.41, 5.74) is 2.65. The summed E-state index contributed by atoms with van der Waals surface area (Å²) >= 11 is 4.57. The minimum Gasteiger partial charge on any atom is -0.496 e. The van der Waals surface area contributed by atoms with Crippen LogP contribution in [0.15, 0.2) is 56.9 Å². The maximum atomic E-state index is 12.3. The molecule has 4 rings (SSSR count). The largest absolute Gasteiger partial charge is 0.496 e. The Labute approximate surface area is 224 Å². The molecule has 2 amide bonds. The lowest BCUT2D eigenvalue weighted by atomic mass is 9.97. The zero-order chi connectivity index (χ0) is 25.9. The fourth-order valence-corrected chi connectivity index (χ4v) is 6.77. The zero-order valence-electron chi connectivity index (χ0n) is 20.9. The van der Waals surface area contributed by atoms with Crippen LogP contribution in [0.3, 0.4) is 0 Å². The Morgan fingerprint density at radius 1 is 1.33 bits per heavy atom. The first kappa shape index (κ1) is 26.4. The maximum Gasteiger partial charge on any atom is 0.258 e. The Kier molecular flexibility index (Phi) is 8.19. The lowest BCUT2D eigenvalue weighted by Gasteiger charge is -2.47. The summed E-state index contributed by atoms with van der Waals surface area (Å²) in [5.74, 6) is 0.678. The van der Waals surface area contributed by atoms with Crippen LogP contribution in [-0.4, -0.2) is 58.9 Å². The number of rotatable bonds is 8. The van der Waals surface area contributed by atoms with Gasteiger partial charge in [0.2, 0.25) is 5.91 Å². The Morgan fingerprint density at radius 3 is 2.81 bits per heavy atom. The van der Waals surface area contributed by atoms with E-state index in [4.69, 9.17) is 4.74 Å². The van der Waals surface area contributed by atoms with E-state index < -0.39 is 0 Å². The number of nitrogens with one attached hydrogen (secondary N) is 1. The van der Waals surface area contributed by atoms with Crippen molar-refractivity contribution >= 4 is 51.4 Å². The minimum absolute atomic E-state index is 0.0234. The molecule has 1 aliphatic rings. The van der Waals surface area contributed by atoms with Crippen LogP contribution in [-0.2, 0) is 11.3 Å². The van der Waals surface area contributed by atoms with Gasteiger partial charge in [-0.15, -0.1) is 0 Å². The normalized spacial score (nSPS) is 15.5. The molecule has 36 heavy (non-hydrogen) atoms. The van der Waals surface area contributed by atoms with Crippen molar-refractivity contribution in [3.05, 3.63) is 64.5 Å². The van der Waals surface area contributed by atoms with Crippen LogP contribution in [0, 0.1) is 6.92 Å². The van der Waals surface area contributed by atoms with Crippen LogP contribution >= 0.6 is 34.4 Å². The van der Waals surface area contributed by atoms with Gasteiger partial charge in [0, 0.05) is 47.6 Å². The number of carbonyl (C=O) groups excluding carboxylic acids is 2. The monoisotopic (exact) mass is 542 g/mol. The number of aryl methyl sites for hydroxylation is 1. The van der Waals surface area contributed by atoms with E-state index in [1.54, 1.807) is 31.1 Å². The number of ether oxygens (including phenoxy) is 1. The van der Waals surface area contributed by atoms with Crippen molar-refractivity contribution in [1.29, 1.82) is 0 Å². The second-order valence-corrected chi connectivity index (χ2v) is 12.3. The number of benzene rings is 1. The Morgan fingerprint density at radius 2 is 2.14 bits per heavy atom. The molecule has 0 saturated carbocycles. The quantitative estimate of drug-likeness (QED) is 0.377. The molecular formula is C26H30N4O3S3. The Hall–Kier alpha value is -2.66. The molecule has 3 heterocycles. The summed E-state index contributed by atoms with van der Waals surface area (Å²) < 4.78 is 6.72. The molecule has 10 heteroatoms. The average molecular weight is 543 g/mol. The second kappa shape index (κ2) is 11.2. The smallest absolute Gasteiger partial charge is 0.258 e. The summed E-state index contributed by atoms with van der Waals surface area (Å²) in [4.78, 5) is 34.2. The Bertz CT molecular complexity index is 1250. The molecule has 1 saturated heterocycles. The lowest BCUT2D eigenvalue weighted by molar-refractivity contribution is -0.131. The SMILES string of the molecule is C=CC(=O)N1CCN(Cc2cc(Sc3cnc(NC(=O)c4ccsc4)s3)c(C)cc2OC)C(C)(C)C1. The van der Waals surface area contributed by atoms with Crippen molar-refractivity contribution in [2.75, 3.05) is 32.1 Å². The molecule has 0 radical (unpaired) electrons. The molecule has 2 aromatic heterocycles. The van der Waals surface area contributed by atoms with E-state index in [1.807, 2.05) is 15.7 Å². The third-order valence-electron chi connectivity index (χ3n) is 6.20. The Balaban J connectivity index is 1.49. The third kappa shape index (κ3) is 6.00. The average Bonchev–Trinajstić information content (AvgIpc) is 3.54. The van der Waals surface area contributed by atoms with Crippen LogP contribution in [0.2, 0.25) is 0 Å². The first-order chi connectivity index (χ1) is 17.2. The van der Waals surface area contributed by atoms with E-state index >= 15 is 0 Å². The van der Waals surface area contributed by atoms with Gasteiger partial charge in [0.05, 0.1) is 23.1 Å². The van der Waals surface area contributed by atoms with Gasteiger partial charge in [-0.3, -0.25) is 19.8 Å². The van der Waals surface area contributed by atoms with E-state index in [2.05, 4.69) is 54.7 Å². The molecule has 0 bridgehead atoms. The minimum atomic E-state index is -0.187. The summed E-state index contributed by atoms with van der Waals surface area (Å²) in [6.45, 7) is 12.8. The number of aromatic nitrogens is 1. The predicted octanol–water partition coefficient (Wildman–Crippen LogP) is 5.53. The lowest BCUT2D eigenvalue weighted by Crippen LogP contribution is -2.59. The number of hydrogen-bond donors (Lipinski definition) is 1. The van der Waals surface area contributed by atoms with Gasteiger partial charge >= 0.3 is 0 Å². The molecule has 1 N–H and O–H groups in total. The van der Waals surface area contributed by atoms with Crippen molar-refractivity contribution in [3.8, 4) is 5.75 Å². The fraction of sp³-hybridized carbons (Fsp3) is 0.346. The summed E-state index contributed by atoms with van der Waals surface area (Å²) in [6, 6.07) is 6.05. The molecule has 3 aromatic rings. The molecule has 0 unspecified atom stereocenters. The number of carbonyl (C=O) groups is 2. The van der Waals surface area contributed by atoms with Gasteiger partial charge in [-0.2, -0.15) is 11.3 Å². The van der Waals surface area contributed by atoms with E-state index in [0.717, 1.165) is 32.5 Å². The van der Waals surface area contributed by atoms with Crippen molar-refractivity contribution in [2.45, 2.75) is 42.0 Å². The number of methoxy groups -OCH3 is 1. The van der Waals surface area contributed by atoms with Gasteiger partial charge in [0.1, 0.15) is 5.75 Å². The topological polar surface area (TPSA) is 74.8 Å².